The Labute approximate surface area is 92.2 Å². The maximum atomic E-state index is 4.32. The van der Waals surface area contributed by atoms with Gasteiger partial charge in [-0.05, 0) is 33.3 Å². The van der Waals surface area contributed by atoms with Gasteiger partial charge in [0.2, 0.25) is 0 Å². The number of nitrogens with zero attached hydrogens (tertiary/aromatic N) is 2. The van der Waals surface area contributed by atoms with Crippen molar-refractivity contribution in [2.45, 2.75) is 39.8 Å². The Morgan fingerprint density at radius 1 is 1.60 bits per heavy atom. The highest BCUT2D eigenvalue weighted by Gasteiger charge is 2.13. The van der Waals surface area contributed by atoms with Gasteiger partial charge >= 0.3 is 0 Å². The van der Waals surface area contributed by atoms with Crippen LogP contribution >= 0.6 is 0 Å². The van der Waals surface area contributed by atoms with Crippen LogP contribution in [-0.4, -0.2) is 22.4 Å². The van der Waals surface area contributed by atoms with E-state index in [2.05, 4.69) is 44.0 Å². The summed E-state index contributed by atoms with van der Waals surface area (Å²) in [7, 11) is 0. The molecule has 1 aromatic rings. The first kappa shape index (κ1) is 12.0. The van der Waals surface area contributed by atoms with E-state index < -0.39 is 0 Å². The smallest absolute Gasteiger partial charge is 0.0641 e. The van der Waals surface area contributed by atoms with Crippen LogP contribution in [0.5, 0.6) is 0 Å². The fraction of sp³-hybridized carbons (Fsp3) is 0.583. The first-order valence-electron chi connectivity index (χ1n) is 5.39. The zero-order valence-electron chi connectivity index (χ0n) is 10.1. The van der Waals surface area contributed by atoms with E-state index in [4.69, 9.17) is 0 Å². The van der Waals surface area contributed by atoms with Gasteiger partial charge in [-0.1, -0.05) is 12.2 Å². The molecule has 0 radical (unpaired) electrons. The molecule has 0 saturated carbocycles. The number of aromatic nitrogens is 2. The Hall–Kier alpha value is -1.09. The van der Waals surface area contributed by atoms with Crippen LogP contribution < -0.4 is 5.32 Å². The van der Waals surface area contributed by atoms with Gasteiger partial charge in [0.15, 0.2) is 0 Å². The lowest BCUT2D eigenvalue weighted by Gasteiger charge is -2.21. The van der Waals surface area contributed by atoms with Crippen molar-refractivity contribution < 1.29 is 0 Å². The molecule has 2 atom stereocenters. The summed E-state index contributed by atoms with van der Waals surface area (Å²) in [5, 5.41) is 7.75. The van der Waals surface area contributed by atoms with Gasteiger partial charge in [0.1, 0.15) is 0 Å². The van der Waals surface area contributed by atoms with E-state index in [1.165, 1.54) is 5.56 Å². The van der Waals surface area contributed by atoms with E-state index in [9.17, 15) is 0 Å². The van der Waals surface area contributed by atoms with Gasteiger partial charge in [0.25, 0.3) is 0 Å². The number of aryl methyl sites for hydroxylation is 1. The molecule has 1 rings (SSSR count). The molecule has 15 heavy (non-hydrogen) atoms. The minimum absolute atomic E-state index is 0.359. The van der Waals surface area contributed by atoms with Gasteiger partial charge in [-0.25, -0.2) is 0 Å². The molecular weight excluding hydrogens is 186 g/mol. The molecule has 1 aromatic heterocycles. The van der Waals surface area contributed by atoms with E-state index in [0.29, 0.717) is 12.1 Å². The molecule has 0 saturated heterocycles. The standard InChI is InChI=1S/C12H21N3/c1-9(2)6-13-11(4)12(5)15-8-10(3)7-14-15/h7-8,11-13H,1,6H2,2-5H3/t11-,12+/m0/s1. The van der Waals surface area contributed by atoms with Crippen molar-refractivity contribution in [3.63, 3.8) is 0 Å². The summed E-state index contributed by atoms with van der Waals surface area (Å²) in [6.45, 7) is 13.2. The van der Waals surface area contributed by atoms with Gasteiger partial charge in [-0.15, -0.1) is 0 Å². The highest BCUT2D eigenvalue weighted by Crippen LogP contribution is 2.10. The topological polar surface area (TPSA) is 29.9 Å². The average Bonchev–Trinajstić information content (AvgIpc) is 2.60. The fourth-order valence-electron chi connectivity index (χ4n) is 1.39. The lowest BCUT2D eigenvalue weighted by Crippen LogP contribution is -2.34. The fourth-order valence-corrected chi connectivity index (χ4v) is 1.39. The second kappa shape index (κ2) is 5.12. The molecule has 0 aliphatic rings. The molecule has 1 heterocycles. The molecule has 3 nitrogen and oxygen atoms in total. The zero-order chi connectivity index (χ0) is 11.4. The van der Waals surface area contributed by atoms with Crippen LogP contribution in [0.25, 0.3) is 0 Å². The first-order valence-corrected chi connectivity index (χ1v) is 5.39. The van der Waals surface area contributed by atoms with Crippen LogP contribution in [-0.2, 0) is 0 Å². The van der Waals surface area contributed by atoms with Crippen molar-refractivity contribution >= 4 is 0 Å². The average molecular weight is 207 g/mol. The summed E-state index contributed by atoms with van der Waals surface area (Å²) < 4.78 is 2.01. The van der Waals surface area contributed by atoms with Crippen molar-refractivity contribution in [3.8, 4) is 0 Å². The van der Waals surface area contributed by atoms with Crippen LogP contribution in [0.3, 0.4) is 0 Å². The molecule has 1 N–H and O–H groups in total. The zero-order valence-corrected chi connectivity index (χ0v) is 10.1. The maximum Gasteiger partial charge on any atom is 0.0641 e. The summed E-state index contributed by atoms with van der Waals surface area (Å²) in [4.78, 5) is 0. The van der Waals surface area contributed by atoms with Crippen molar-refractivity contribution in [3.05, 3.63) is 30.1 Å². The van der Waals surface area contributed by atoms with E-state index in [-0.39, 0.29) is 0 Å². The van der Waals surface area contributed by atoms with Crippen molar-refractivity contribution in [1.29, 1.82) is 0 Å². The predicted molar refractivity (Wildman–Crippen MR) is 64.0 cm³/mol. The van der Waals surface area contributed by atoms with Gasteiger partial charge < -0.3 is 5.32 Å². The highest BCUT2D eigenvalue weighted by atomic mass is 15.3. The monoisotopic (exact) mass is 207 g/mol. The Balaban J connectivity index is 2.52. The van der Waals surface area contributed by atoms with Crippen molar-refractivity contribution in [1.82, 2.24) is 15.1 Å². The number of hydrogen-bond donors (Lipinski definition) is 1. The maximum absolute atomic E-state index is 4.32. The minimum atomic E-state index is 0.359. The molecule has 84 valence electrons. The Morgan fingerprint density at radius 2 is 2.27 bits per heavy atom. The van der Waals surface area contributed by atoms with Crippen LogP contribution in [0.2, 0.25) is 0 Å². The highest BCUT2D eigenvalue weighted by molar-refractivity contribution is 5.01. The summed E-state index contributed by atoms with van der Waals surface area (Å²) in [6, 6.07) is 0.749. The Kier molecular flexibility index (Phi) is 4.09. The summed E-state index contributed by atoms with van der Waals surface area (Å²) in [6.07, 6.45) is 3.96. The third kappa shape index (κ3) is 3.51. The van der Waals surface area contributed by atoms with E-state index >= 15 is 0 Å². The van der Waals surface area contributed by atoms with Crippen molar-refractivity contribution in [2.24, 2.45) is 0 Å². The second-order valence-corrected chi connectivity index (χ2v) is 4.36. The third-order valence-corrected chi connectivity index (χ3v) is 2.60. The number of hydrogen-bond acceptors (Lipinski definition) is 2. The molecule has 0 amide bonds. The Bertz CT molecular complexity index is 327. The molecular formula is C12H21N3. The summed E-state index contributed by atoms with van der Waals surface area (Å²) in [5.41, 5.74) is 2.36. The lowest BCUT2D eigenvalue weighted by molar-refractivity contribution is 0.374. The van der Waals surface area contributed by atoms with E-state index in [0.717, 1.165) is 12.1 Å². The SMILES string of the molecule is C=C(C)CN[C@@H](C)[C@@H](C)n1cc(C)cn1. The summed E-state index contributed by atoms with van der Waals surface area (Å²) in [5.74, 6) is 0. The van der Waals surface area contributed by atoms with E-state index in [1.807, 2.05) is 17.8 Å². The lowest BCUT2D eigenvalue weighted by atomic mass is 10.1. The van der Waals surface area contributed by atoms with Crippen LogP contribution in [0.15, 0.2) is 24.5 Å². The minimum Gasteiger partial charge on any atom is -0.308 e. The van der Waals surface area contributed by atoms with E-state index in [1.54, 1.807) is 0 Å². The van der Waals surface area contributed by atoms with Gasteiger partial charge in [0, 0.05) is 18.8 Å². The van der Waals surface area contributed by atoms with Crippen LogP contribution in [0, 0.1) is 6.92 Å². The molecule has 0 aromatic carbocycles. The summed E-state index contributed by atoms with van der Waals surface area (Å²) >= 11 is 0. The Morgan fingerprint density at radius 3 is 2.73 bits per heavy atom. The molecule has 0 spiro atoms. The van der Waals surface area contributed by atoms with Gasteiger partial charge in [-0.3, -0.25) is 4.68 Å². The second-order valence-electron chi connectivity index (χ2n) is 4.36. The number of nitrogens with one attached hydrogen (secondary N) is 1. The molecule has 0 fully saturated rings. The van der Waals surface area contributed by atoms with Gasteiger partial charge in [0.05, 0.1) is 12.2 Å². The normalized spacial score (nSPS) is 14.9. The molecule has 3 heteroatoms. The van der Waals surface area contributed by atoms with Crippen LogP contribution in [0.4, 0.5) is 0 Å². The third-order valence-electron chi connectivity index (χ3n) is 2.60. The molecule has 0 aliphatic heterocycles. The molecule has 0 unspecified atom stereocenters. The van der Waals surface area contributed by atoms with Crippen LogP contribution in [0.1, 0.15) is 32.4 Å². The molecule has 0 bridgehead atoms. The van der Waals surface area contributed by atoms with Crippen molar-refractivity contribution in [2.75, 3.05) is 6.54 Å². The van der Waals surface area contributed by atoms with Gasteiger partial charge in [-0.2, -0.15) is 5.10 Å². The largest absolute Gasteiger partial charge is 0.308 e. The first-order chi connectivity index (χ1) is 7.00. The molecule has 0 aliphatic carbocycles. The predicted octanol–water partition coefficient (Wildman–Crippen LogP) is 2.31. The quantitative estimate of drug-likeness (QED) is 0.751. The number of rotatable bonds is 5.